The fourth-order valence-corrected chi connectivity index (χ4v) is 3.27. The third-order valence-electron chi connectivity index (χ3n) is 3.48. The Kier molecular flexibility index (Phi) is 3.07. The number of hydrogen-bond donors (Lipinski definition) is 1. The Bertz CT molecular complexity index is 637. The van der Waals surface area contributed by atoms with Crippen molar-refractivity contribution in [1.29, 1.82) is 0 Å². The van der Waals surface area contributed by atoms with E-state index < -0.39 is 0 Å². The van der Waals surface area contributed by atoms with Crippen LogP contribution in [0.4, 0.5) is 5.69 Å². The Morgan fingerprint density at radius 1 is 1.11 bits per heavy atom. The second-order valence-corrected chi connectivity index (χ2v) is 5.67. The molecule has 3 rings (SSSR count). The first-order chi connectivity index (χ1) is 9.20. The van der Waals surface area contributed by atoms with Crippen molar-refractivity contribution < 1.29 is 4.79 Å². The number of nitrogens with one attached hydrogen (secondary N) is 1. The second kappa shape index (κ2) is 4.74. The predicted octanol–water partition coefficient (Wildman–Crippen LogP) is 4.02. The molecule has 1 atom stereocenters. The van der Waals surface area contributed by atoms with Gasteiger partial charge >= 0.3 is 0 Å². The van der Waals surface area contributed by atoms with Crippen LogP contribution in [0.25, 0.3) is 11.1 Å². The Morgan fingerprint density at radius 3 is 2.53 bits per heavy atom. The number of rotatable bonds is 2. The number of carbonyl (C=O) groups is 1. The highest BCUT2D eigenvalue weighted by atomic mass is 32.2. The Labute approximate surface area is 117 Å². The topological polar surface area (TPSA) is 29.1 Å². The lowest BCUT2D eigenvalue weighted by molar-refractivity contribution is -0.115. The molecule has 0 radical (unpaired) electrons. The van der Waals surface area contributed by atoms with E-state index in [4.69, 9.17) is 0 Å². The van der Waals surface area contributed by atoms with E-state index in [-0.39, 0.29) is 11.2 Å². The average molecular weight is 269 g/mol. The van der Waals surface area contributed by atoms with E-state index in [1.54, 1.807) is 11.8 Å². The van der Waals surface area contributed by atoms with Gasteiger partial charge in [0.05, 0.1) is 0 Å². The molecule has 0 fully saturated rings. The molecule has 19 heavy (non-hydrogen) atoms. The number of hydrogen-bond acceptors (Lipinski definition) is 2. The van der Waals surface area contributed by atoms with Crippen molar-refractivity contribution in [2.45, 2.75) is 12.2 Å². The quantitative estimate of drug-likeness (QED) is 0.892. The highest BCUT2D eigenvalue weighted by Crippen LogP contribution is 2.42. The first-order valence-electron chi connectivity index (χ1n) is 6.24. The van der Waals surface area contributed by atoms with Crippen molar-refractivity contribution in [1.82, 2.24) is 0 Å². The number of thioether (sulfide) groups is 1. The molecule has 1 heterocycles. The minimum absolute atomic E-state index is 0.0858. The Morgan fingerprint density at radius 2 is 1.84 bits per heavy atom. The zero-order valence-electron chi connectivity index (χ0n) is 10.9. The maximum atomic E-state index is 11.9. The molecular formula is C16H15NOS. The Hall–Kier alpha value is -1.74. The molecule has 1 amide bonds. The summed E-state index contributed by atoms with van der Waals surface area (Å²) in [6.45, 7) is 2.05. The summed E-state index contributed by atoms with van der Waals surface area (Å²) < 4.78 is 0. The van der Waals surface area contributed by atoms with Crippen LogP contribution in [0, 0.1) is 6.92 Å². The van der Waals surface area contributed by atoms with E-state index in [0.29, 0.717) is 0 Å². The van der Waals surface area contributed by atoms with Gasteiger partial charge in [-0.3, -0.25) is 4.79 Å². The van der Waals surface area contributed by atoms with Crippen LogP contribution in [-0.2, 0) is 4.79 Å². The molecule has 1 unspecified atom stereocenters. The average Bonchev–Trinajstić information content (AvgIpc) is 2.76. The maximum Gasteiger partial charge on any atom is 0.242 e. The van der Waals surface area contributed by atoms with Crippen LogP contribution in [0.2, 0.25) is 0 Å². The number of amides is 1. The van der Waals surface area contributed by atoms with Crippen LogP contribution in [0.3, 0.4) is 0 Å². The maximum absolute atomic E-state index is 11.9. The van der Waals surface area contributed by atoms with Gasteiger partial charge in [0.2, 0.25) is 5.91 Å². The summed E-state index contributed by atoms with van der Waals surface area (Å²) in [6.07, 6.45) is 1.98. The molecule has 1 aliphatic rings. The van der Waals surface area contributed by atoms with Crippen molar-refractivity contribution in [2.75, 3.05) is 11.6 Å². The monoisotopic (exact) mass is 269 g/mol. The number of fused-ring (bicyclic) bond motifs is 1. The molecule has 0 aliphatic carbocycles. The SMILES string of the molecule is CSC1C(=O)Nc2c(C)cc(-c3ccccc3)cc21. The first kappa shape index (κ1) is 12.3. The minimum Gasteiger partial charge on any atom is -0.324 e. The highest BCUT2D eigenvalue weighted by molar-refractivity contribution is 7.99. The summed E-state index contributed by atoms with van der Waals surface area (Å²) in [4.78, 5) is 11.9. The number of benzene rings is 2. The van der Waals surface area contributed by atoms with Crippen molar-refractivity contribution in [3.05, 3.63) is 53.6 Å². The lowest BCUT2D eigenvalue weighted by Gasteiger charge is -2.10. The first-order valence-corrected chi connectivity index (χ1v) is 7.53. The van der Waals surface area contributed by atoms with Gasteiger partial charge in [-0.2, -0.15) is 0 Å². The van der Waals surface area contributed by atoms with Gasteiger partial charge in [0.15, 0.2) is 0 Å². The summed E-state index contributed by atoms with van der Waals surface area (Å²) in [5.74, 6) is 0.0933. The van der Waals surface area contributed by atoms with E-state index in [2.05, 4.69) is 29.6 Å². The van der Waals surface area contributed by atoms with Crippen LogP contribution in [0.1, 0.15) is 16.4 Å². The van der Waals surface area contributed by atoms with Gasteiger partial charge in [0, 0.05) is 5.69 Å². The molecule has 2 aromatic rings. The van der Waals surface area contributed by atoms with Gasteiger partial charge in [0.25, 0.3) is 0 Å². The minimum atomic E-state index is -0.0858. The normalized spacial score (nSPS) is 17.2. The van der Waals surface area contributed by atoms with Gasteiger partial charge in [-0.25, -0.2) is 0 Å². The summed E-state index contributed by atoms with van der Waals surface area (Å²) in [5, 5.41) is 2.90. The molecule has 1 aliphatic heterocycles. The molecular weight excluding hydrogens is 254 g/mol. The van der Waals surface area contributed by atoms with E-state index in [0.717, 1.165) is 16.8 Å². The van der Waals surface area contributed by atoms with Crippen molar-refractivity contribution in [2.24, 2.45) is 0 Å². The van der Waals surface area contributed by atoms with E-state index in [9.17, 15) is 4.79 Å². The van der Waals surface area contributed by atoms with Gasteiger partial charge in [-0.05, 0) is 47.6 Å². The lowest BCUT2D eigenvalue weighted by Crippen LogP contribution is -2.08. The molecule has 0 saturated heterocycles. The number of aryl methyl sites for hydroxylation is 1. The van der Waals surface area contributed by atoms with Crippen LogP contribution in [-0.4, -0.2) is 12.2 Å². The molecule has 2 aromatic carbocycles. The molecule has 96 valence electrons. The molecule has 0 saturated carbocycles. The third kappa shape index (κ3) is 2.04. The summed E-state index contributed by atoms with van der Waals surface area (Å²) >= 11 is 1.58. The van der Waals surface area contributed by atoms with E-state index >= 15 is 0 Å². The highest BCUT2D eigenvalue weighted by Gasteiger charge is 2.31. The largest absolute Gasteiger partial charge is 0.324 e. The van der Waals surface area contributed by atoms with Crippen molar-refractivity contribution in [3.63, 3.8) is 0 Å². The Balaban J connectivity index is 2.15. The van der Waals surface area contributed by atoms with Crippen molar-refractivity contribution in [3.8, 4) is 11.1 Å². The molecule has 0 bridgehead atoms. The summed E-state index contributed by atoms with van der Waals surface area (Å²) in [6, 6.07) is 14.5. The van der Waals surface area contributed by atoms with Crippen LogP contribution in [0.15, 0.2) is 42.5 Å². The lowest BCUT2D eigenvalue weighted by atomic mass is 9.98. The molecule has 0 spiro atoms. The number of anilines is 1. The second-order valence-electron chi connectivity index (χ2n) is 4.73. The fourth-order valence-electron chi connectivity index (χ4n) is 2.55. The van der Waals surface area contributed by atoms with E-state index in [1.807, 2.05) is 31.4 Å². The van der Waals surface area contributed by atoms with Crippen LogP contribution >= 0.6 is 11.8 Å². The summed E-state index contributed by atoms with van der Waals surface area (Å²) in [7, 11) is 0. The zero-order valence-corrected chi connectivity index (χ0v) is 11.8. The summed E-state index contributed by atoms with van der Waals surface area (Å²) in [5.41, 5.74) is 5.58. The fraction of sp³-hybridized carbons (Fsp3) is 0.188. The molecule has 3 heteroatoms. The number of carbonyl (C=O) groups excluding carboxylic acids is 1. The zero-order chi connectivity index (χ0) is 13.4. The van der Waals surface area contributed by atoms with E-state index in [1.165, 1.54) is 11.1 Å². The van der Waals surface area contributed by atoms with Crippen LogP contribution in [0.5, 0.6) is 0 Å². The van der Waals surface area contributed by atoms with Crippen LogP contribution < -0.4 is 5.32 Å². The molecule has 1 N–H and O–H groups in total. The third-order valence-corrected chi connectivity index (χ3v) is 4.42. The smallest absolute Gasteiger partial charge is 0.242 e. The van der Waals surface area contributed by atoms with Gasteiger partial charge in [-0.15, -0.1) is 11.8 Å². The predicted molar refractivity (Wildman–Crippen MR) is 81.5 cm³/mol. The van der Waals surface area contributed by atoms with Gasteiger partial charge in [0.1, 0.15) is 5.25 Å². The van der Waals surface area contributed by atoms with Crippen molar-refractivity contribution >= 4 is 23.4 Å². The molecule has 0 aromatic heterocycles. The standard InChI is InChI=1S/C16H15NOS/c1-10-8-12(11-6-4-3-5-7-11)9-13-14(10)17-16(18)15(13)19-2/h3-9,15H,1-2H3,(H,17,18). The van der Waals surface area contributed by atoms with Gasteiger partial charge < -0.3 is 5.32 Å². The molecule has 2 nitrogen and oxygen atoms in total. The van der Waals surface area contributed by atoms with Gasteiger partial charge in [-0.1, -0.05) is 30.3 Å².